The monoisotopic (exact) mass is 427 g/mol. The Balaban J connectivity index is 1.69. The van der Waals surface area contributed by atoms with Gasteiger partial charge < -0.3 is 20.3 Å². The molecule has 164 valence electrons. The third-order valence-corrected chi connectivity index (χ3v) is 6.94. The van der Waals surface area contributed by atoms with Crippen molar-refractivity contribution >= 4 is 22.4 Å². The van der Waals surface area contributed by atoms with Gasteiger partial charge in [0.25, 0.3) is 0 Å². The van der Waals surface area contributed by atoms with Gasteiger partial charge in [-0.2, -0.15) is 0 Å². The first-order chi connectivity index (χ1) is 15.5. The Morgan fingerprint density at radius 3 is 2.66 bits per heavy atom. The number of nitrogens with zero attached hydrogens (tertiary/aromatic N) is 1. The summed E-state index contributed by atoms with van der Waals surface area (Å²) in [4.78, 5) is 19.8. The van der Waals surface area contributed by atoms with Gasteiger partial charge in [-0.15, -0.1) is 0 Å². The van der Waals surface area contributed by atoms with E-state index in [1.807, 2.05) is 18.2 Å². The fourth-order valence-electron chi connectivity index (χ4n) is 5.21. The van der Waals surface area contributed by atoms with Crippen LogP contribution < -0.4 is 10.2 Å². The maximum absolute atomic E-state index is 13.8. The van der Waals surface area contributed by atoms with Gasteiger partial charge in [0.2, 0.25) is 0 Å². The summed E-state index contributed by atoms with van der Waals surface area (Å²) in [6, 6.07) is 10.3. The minimum atomic E-state index is -0.330. The van der Waals surface area contributed by atoms with Gasteiger partial charge >= 0.3 is 0 Å². The number of aromatic amines is 1. The highest BCUT2D eigenvalue weighted by atomic mass is 16.2. The van der Waals surface area contributed by atoms with Crippen LogP contribution >= 0.6 is 0 Å². The number of ketones is 1. The normalized spacial score (nSPS) is 17.0. The number of carbonyl (C=O) groups excluding carboxylic acids is 1. The maximum Gasteiger partial charge on any atom is 0.195 e. The van der Waals surface area contributed by atoms with Gasteiger partial charge in [-0.1, -0.05) is 38.7 Å². The first-order valence-corrected chi connectivity index (χ1v) is 11.4. The average molecular weight is 428 g/mol. The van der Waals surface area contributed by atoms with Crippen molar-refractivity contribution in [3.05, 3.63) is 63.8 Å². The summed E-state index contributed by atoms with van der Waals surface area (Å²) in [5, 5.41) is 13.4. The molecule has 2 heterocycles. The first-order valence-electron chi connectivity index (χ1n) is 11.4. The lowest BCUT2D eigenvalue weighted by Gasteiger charge is -2.36. The fourth-order valence-corrected chi connectivity index (χ4v) is 5.21. The molecule has 0 amide bonds. The van der Waals surface area contributed by atoms with Crippen LogP contribution in [0.3, 0.4) is 0 Å². The Hall–Kier alpha value is -3.07. The molecule has 1 saturated heterocycles. The summed E-state index contributed by atoms with van der Waals surface area (Å²) >= 11 is 0. The largest absolute Gasteiger partial charge is 0.384 e. The van der Waals surface area contributed by atoms with Gasteiger partial charge in [0.15, 0.2) is 5.78 Å². The Labute approximate surface area is 188 Å². The number of anilines is 1. The Kier molecular flexibility index (Phi) is 5.08. The molecule has 1 fully saturated rings. The van der Waals surface area contributed by atoms with Crippen molar-refractivity contribution in [1.82, 2.24) is 10.3 Å². The number of carbonyl (C=O) groups is 1. The number of H-pyrrole nitrogens is 1. The molecule has 0 saturated carbocycles. The van der Waals surface area contributed by atoms with E-state index in [0.29, 0.717) is 0 Å². The molecule has 2 aromatic carbocycles. The topological polar surface area (TPSA) is 68.4 Å². The van der Waals surface area contributed by atoms with Crippen molar-refractivity contribution in [2.45, 2.75) is 32.6 Å². The molecule has 5 rings (SSSR count). The van der Waals surface area contributed by atoms with Crippen molar-refractivity contribution in [2.75, 3.05) is 37.7 Å². The van der Waals surface area contributed by atoms with E-state index in [4.69, 9.17) is 5.11 Å². The number of piperazine rings is 1. The van der Waals surface area contributed by atoms with Crippen molar-refractivity contribution in [3.8, 4) is 11.8 Å². The number of hydrogen-bond acceptors (Lipinski definition) is 4. The zero-order valence-electron chi connectivity index (χ0n) is 18.9. The summed E-state index contributed by atoms with van der Waals surface area (Å²) in [6.07, 6.45) is 0.897. The van der Waals surface area contributed by atoms with Gasteiger partial charge in [0.05, 0.1) is 5.56 Å². The third kappa shape index (κ3) is 3.14. The van der Waals surface area contributed by atoms with Crippen molar-refractivity contribution in [2.24, 2.45) is 0 Å². The van der Waals surface area contributed by atoms with Crippen molar-refractivity contribution in [1.29, 1.82) is 0 Å². The Morgan fingerprint density at radius 2 is 1.94 bits per heavy atom. The van der Waals surface area contributed by atoms with Crippen LogP contribution in [0.4, 0.5) is 5.69 Å². The van der Waals surface area contributed by atoms with Crippen LogP contribution in [0.25, 0.3) is 10.9 Å². The number of aryl methyl sites for hydroxylation is 1. The van der Waals surface area contributed by atoms with E-state index in [0.717, 1.165) is 71.5 Å². The predicted octanol–water partition coefficient (Wildman–Crippen LogP) is 3.35. The van der Waals surface area contributed by atoms with Crippen LogP contribution in [0.5, 0.6) is 0 Å². The minimum absolute atomic E-state index is 0.0938. The van der Waals surface area contributed by atoms with E-state index in [1.165, 1.54) is 11.3 Å². The molecule has 0 bridgehead atoms. The molecule has 1 aliphatic carbocycles. The number of rotatable bonds is 2. The van der Waals surface area contributed by atoms with Gasteiger partial charge in [-0.05, 0) is 41.8 Å². The number of hydrogen-bond donors (Lipinski definition) is 3. The van der Waals surface area contributed by atoms with E-state index < -0.39 is 0 Å². The number of aliphatic hydroxyl groups is 1. The molecule has 0 radical (unpaired) electrons. The van der Waals surface area contributed by atoms with Crippen LogP contribution in [0.15, 0.2) is 30.3 Å². The lowest BCUT2D eigenvalue weighted by molar-refractivity contribution is 0.103. The molecular weight excluding hydrogens is 398 g/mol. The zero-order valence-corrected chi connectivity index (χ0v) is 18.9. The summed E-state index contributed by atoms with van der Waals surface area (Å²) in [7, 11) is 0. The maximum atomic E-state index is 13.8. The molecule has 0 atom stereocenters. The van der Waals surface area contributed by atoms with Crippen LogP contribution in [0.2, 0.25) is 0 Å². The van der Waals surface area contributed by atoms with Crippen LogP contribution in [-0.4, -0.2) is 48.7 Å². The summed E-state index contributed by atoms with van der Waals surface area (Å²) < 4.78 is 0. The molecule has 5 nitrogen and oxygen atoms in total. The summed E-state index contributed by atoms with van der Waals surface area (Å²) in [6.45, 7) is 10.3. The second-order valence-electron chi connectivity index (χ2n) is 9.17. The number of aliphatic hydroxyl groups excluding tert-OH is 1. The van der Waals surface area contributed by atoms with Gasteiger partial charge in [0, 0.05) is 65.0 Å². The molecule has 0 unspecified atom stereocenters. The molecule has 3 aromatic rings. The Bertz CT molecular complexity index is 1280. The molecule has 5 heteroatoms. The molecule has 1 aromatic heterocycles. The second-order valence-corrected chi connectivity index (χ2v) is 9.17. The van der Waals surface area contributed by atoms with Gasteiger partial charge in [-0.25, -0.2) is 0 Å². The standard InChI is InChI=1S/C27H29N3O2/c1-4-18-15-20-21(16-23(18)30-11-9-28-10-12-30)27(2,3)26-24(25(20)32)19-8-7-17(6-5-13-31)14-22(19)29-26/h7-8,14-16,28-29,31H,4,9-13H2,1-3H3. The molecular formula is C27H29N3O2. The molecule has 32 heavy (non-hydrogen) atoms. The van der Waals surface area contributed by atoms with Crippen LogP contribution in [0, 0.1) is 11.8 Å². The van der Waals surface area contributed by atoms with E-state index in [2.05, 4.69) is 59.9 Å². The highest BCUT2D eigenvalue weighted by Gasteiger charge is 2.40. The molecule has 0 spiro atoms. The smallest absolute Gasteiger partial charge is 0.195 e. The number of benzene rings is 2. The fraction of sp³-hybridized carbons (Fsp3) is 0.370. The number of nitrogens with one attached hydrogen (secondary N) is 2. The third-order valence-electron chi connectivity index (χ3n) is 6.94. The van der Waals surface area contributed by atoms with E-state index in [9.17, 15) is 4.79 Å². The van der Waals surface area contributed by atoms with Gasteiger partial charge in [0.1, 0.15) is 6.61 Å². The van der Waals surface area contributed by atoms with E-state index in [-0.39, 0.29) is 17.8 Å². The molecule has 2 aliphatic rings. The quantitative estimate of drug-likeness (QED) is 0.549. The SMILES string of the molecule is CCc1cc2c(cc1N1CCNCC1)C(C)(C)c1[nH]c3cc(C#CCO)ccc3c1C2=O. The highest BCUT2D eigenvalue weighted by molar-refractivity contribution is 6.20. The number of fused-ring (bicyclic) bond motifs is 4. The van der Waals surface area contributed by atoms with Crippen molar-refractivity contribution in [3.63, 3.8) is 0 Å². The first kappa shape index (κ1) is 20.8. The van der Waals surface area contributed by atoms with E-state index in [1.54, 1.807) is 0 Å². The minimum Gasteiger partial charge on any atom is -0.384 e. The lowest BCUT2D eigenvalue weighted by atomic mass is 9.70. The average Bonchev–Trinajstić information content (AvgIpc) is 3.21. The summed E-state index contributed by atoms with van der Waals surface area (Å²) in [5.41, 5.74) is 7.55. The summed E-state index contributed by atoms with van der Waals surface area (Å²) in [5.74, 6) is 5.75. The van der Waals surface area contributed by atoms with Crippen molar-refractivity contribution < 1.29 is 9.90 Å². The van der Waals surface area contributed by atoms with Gasteiger partial charge in [-0.3, -0.25) is 4.79 Å². The van der Waals surface area contributed by atoms with Crippen LogP contribution in [0.1, 0.15) is 59.1 Å². The zero-order chi connectivity index (χ0) is 22.5. The Morgan fingerprint density at radius 1 is 1.16 bits per heavy atom. The second kappa shape index (κ2) is 7.81. The van der Waals surface area contributed by atoms with Crippen LogP contribution in [-0.2, 0) is 11.8 Å². The van der Waals surface area contributed by atoms with E-state index >= 15 is 0 Å². The number of aromatic nitrogens is 1. The highest BCUT2D eigenvalue weighted by Crippen LogP contribution is 2.45. The molecule has 1 aliphatic heterocycles. The molecule has 3 N–H and O–H groups in total. The predicted molar refractivity (Wildman–Crippen MR) is 129 cm³/mol. The lowest BCUT2D eigenvalue weighted by Crippen LogP contribution is -2.44.